The summed E-state index contributed by atoms with van der Waals surface area (Å²) in [5.74, 6) is 1.72. The molecule has 2 aromatic rings. The molecule has 5 rings (SSSR count). The highest BCUT2D eigenvalue weighted by Gasteiger charge is 2.45. The number of hydrogen-bond acceptors (Lipinski definition) is 3. The van der Waals surface area contributed by atoms with Crippen LogP contribution in [0.25, 0.3) is 0 Å². The zero-order valence-corrected chi connectivity index (χ0v) is 23.1. The standard InChI is InChI=1S/C31H40ClN3O2/c1-33(2)29(36)27-11-10-26(22-28(27)32)34-18-12-23(13-19-34)24-14-20-35(21-15-24)30(37)31(16-6-7-17-31)25-8-4-3-5-9-25/h3-5,8-11,22-24H,6-7,12-21H2,1-2H3. The number of hydrogen-bond donors (Lipinski definition) is 0. The van der Waals surface area contributed by atoms with Crippen LogP contribution in [0.4, 0.5) is 5.69 Å². The number of nitrogens with zero attached hydrogens (tertiary/aromatic N) is 3. The second-order valence-electron chi connectivity index (χ2n) is 11.5. The SMILES string of the molecule is CN(C)C(=O)c1ccc(N2CCC(C3CCN(C(=O)C4(c5ccccc5)CCCC4)CC3)CC2)cc1Cl. The quantitative estimate of drug-likeness (QED) is 0.484. The Morgan fingerprint density at radius 2 is 1.46 bits per heavy atom. The number of likely N-dealkylation sites (tertiary alicyclic amines) is 1. The van der Waals surface area contributed by atoms with Crippen molar-refractivity contribution >= 4 is 29.1 Å². The van der Waals surface area contributed by atoms with Gasteiger partial charge < -0.3 is 14.7 Å². The van der Waals surface area contributed by atoms with Crippen LogP contribution in [0.3, 0.4) is 0 Å². The number of piperidine rings is 2. The van der Waals surface area contributed by atoms with Gasteiger partial charge in [-0.15, -0.1) is 0 Å². The first-order valence-electron chi connectivity index (χ1n) is 14.0. The fourth-order valence-corrected chi connectivity index (χ4v) is 7.24. The Kier molecular flexibility index (Phi) is 7.80. The van der Waals surface area contributed by atoms with Crippen molar-refractivity contribution < 1.29 is 9.59 Å². The lowest BCUT2D eigenvalue weighted by Gasteiger charge is -2.43. The van der Waals surface area contributed by atoms with Crippen LogP contribution in [0.15, 0.2) is 48.5 Å². The number of anilines is 1. The van der Waals surface area contributed by atoms with E-state index in [-0.39, 0.29) is 11.3 Å². The van der Waals surface area contributed by atoms with Crippen LogP contribution in [0.5, 0.6) is 0 Å². The van der Waals surface area contributed by atoms with Crippen molar-refractivity contribution in [2.24, 2.45) is 11.8 Å². The van der Waals surface area contributed by atoms with Gasteiger partial charge in [0, 0.05) is 46.0 Å². The average Bonchev–Trinajstić information content (AvgIpc) is 3.44. The van der Waals surface area contributed by atoms with Gasteiger partial charge in [-0.3, -0.25) is 9.59 Å². The van der Waals surface area contributed by atoms with Crippen LogP contribution in [0.2, 0.25) is 5.02 Å². The molecule has 2 heterocycles. The molecule has 0 N–H and O–H groups in total. The van der Waals surface area contributed by atoms with Gasteiger partial charge in [0.1, 0.15) is 0 Å². The van der Waals surface area contributed by atoms with Crippen molar-refractivity contribution in [3.63, 3.8) is 0 Å². The molecule has 6 heteroatoms. The fourth-order valence-electron chi connectivity index (χ4n) is 6.98. The van der Waals surface area contributed by atoms with Gasteiger partial charge in [-0.2, -0.15) is 0 Å². The van der Waals surface area contributed by atoms with Gasteiger partial charge in [-0.05, 0) is 74.1 Å². The van der Waals surface area contributed by atoms with Crippen LogP contribution < -0.4 is 4.90 Å². The van der Waals surface area contributed by atoms with E-state index in [2.05, 4.69) is 34.1 Å². The lowest BCUT2D eigenvalue weighted by atomic mass is 9.75. The van der Waals surface area contributed by atoms with Crippen molar-refractivity contribution in [1.82, 2.24) is 9.80 Å². The first-order valence-corrected chi connectivity index (χ1v) is 14.4. The summed E-state index contributed by atoms with van der Waals surface area (Å²) in [4.78, 5) is 32.3. The van der Waals surface area contributed by atoms with E-state index in [4.69, 9.17) is 11.6 Å². The van der Waals surface area contributed by atoms with E-state index < -0.39 is 0 Å². The van der Waals surface area contributed by atoms with Crippen LogP contribution in [-0.2, 0) is 10.2 Å². The van der Waals surface area contributed by atoms with Crippen molar-refractivity contribution in [1.29, 1.82) is 0 Å². The summed E-state index contributed by atoms with van der Waals surface area (Å²) in [7, 11) is 3.49. The summed E-state index contributed by atoms with van der Waals surface area (Å²) < 4.78 is 0. The van der Waals surface area contributed by atoms with Gasteiger partial charge in [-0.25, -0.2) is 0 Å². The first kappa shape index (κ1) is 26.1. The molecule has 0 radical (unpaired) electrons. The molecule has 0 bridgehead atoms. The van der Waals surface area contributed by atoms with E-state index >= 15 is 0 Å². The van der Waals surface area contributed by atoms with Gasteiger partial charge in [0.15, 0.2) is 0 Å². The zero-order chi connectivity index (χ0) is 26.0. The molecule has 2 amide bonds. The van der Waals surface area contributed by atoms with Gasteiger partial charge >= 0.3 is 0 Å². The Balaban J connectivity index is 1.15. The number of halogens is 1. The molecule has 2 aromatic carbocycles. The second-order valence-corrected chi connectivity index (χ2v) is 11.9. The summed E-state index contributed by atoms with van der Waals surface area (Å²) in [5.41, 5.74) is 2.57. The number of amides is 2. The summed E-state index contributed by atoms with van der Waals surface area (Å²) in [5, 5.41) is 0.519. The van der Waals surface area contributed by atoms with E-state index in [0.29, 0.717) is 28.3 Å². The summed E-state index contributed by atoms with van der Waals surface area (Å²) in [6.07, 6.45) is 8.85. The van der Waals surface area contributed by atoms with Crippen molar-refractivity contribution in [2.75, 3.05) is 45.2 Å². The van der Waals surface area contributed by atoms with E-state index in [1.54, 1.807) is 19.0 Å². The minimum Gasteiger partial charge on any atom is -0.371 e. The van der Waals surface area contributed by atoms with Crippen molar-refractivity contribution in [3.05, 3.63) is 64.7 Å². The summed E-state index contributed by atoms with van der Waals surface area (Å²) in [6, 6.07) is 16.3. The third-order valence-corrected chi connectivity index (χ3v) is 9.49. The molecule has 3 fully saturated rings. The Bertz CT molecular complexity index is 1100. The van der Waals surface area contributed by atoms with Crippen LogP contribution in [-0.4, -0.2) is 61.9 Å². The van der Waals surface area contributed by atoms with Gasteiger partial charge in [0.05, 0.1) is 16.0 Å². The molecule has 37 heavy (non-hydrogen) atoms. The molecule has 1 saturated carbocycles. The number of carbonyl (C=O) groups is 2. The first-order chi connectivity index (χ1) is 17.9. The highest BCUT2D eigenvalue weighted by atomic mass is 35.5. The molecular weight excluding hydrogens is 482 g/mol. The number of carbonyl (C=O) groups excluding carboxylic acids is 2. The number of rotatable bonds is 5. The smallest absolute Gasteiger partial charge is 0.254 e. The molecule has 2 aliphatic heterocycles. The molecule has 0 atom stereocenters. The van der Waals surface area contributed by atoms with Crippen molar-refractivity contribution in [2.45, 2.75) is 56.8 Å². The summed E-state index contributed by atoms with van der Waals surface area (Å²) in [6.45, 7) is 3.82. The minimum atomic E-state index is -0.298. The van der Waals surface area contributed by atoms with Crippen molar-refractivity contribution in [3.8, 4) is 0 Å². The molecular formula is C31H40ClN3O2. The third kappa shape index (κ3) is 5.25. The minimum absolute atomic E-state index is 0.0669. The fraction of sp³-hybridized carbons (Fsp3) is 0.548. The molecule has 0 aromatic heterocycles. The molecule has 198 valence electrons. The van der Waals surface area contributed by atoms with Crippen LogP contribution >= 0.6 is 11.6 Å². The largest absolute Gasteiger partial charge is 0.371 e. The predicted molar refractivity (Wildman–Crippen MR) is 150 cm³/mol. The van der Waals surface area contributed by atoms with Gasteiger partial charge in [-0.1, -0.05) is 54.8 Å². The highest BCUT2D eigenvalue weighted by Crippen LogP contribution is 2.44. The van der Waals surface area contributed by atoms with Gasteiger partial charge in [0.25, 0.3) is 5.91 Å². The Labute approximate surface area is 226 Å². The maximum Gasteiger partial charge on any atom is 0.254 e. The predicted octanol–water partition coefficient (Wildman–Crippen LogP) is 6.01. The van der Waals surface area contributed by atoms with Gasteiger partial charge in [0.2, 0.25) is 5.91 Å². The Hall–Kier alpha value is -2.53. The summed E-state index contributed by atoms with van der Waals surface area (Å²) >= 11 is 6.47. The third-order valence-electron chi connectivity index (χ3n) is 9.18. The maximum atomic E-state index is 13.8. The second kappa shape index (κ2) is 11.1. The number of benzene rings is 2. The normalized spacial score (nSPS) is 20.7. The molecule has 2 saturated heterocycles. The zero-order valence-electron chi connectivity index (χ0n) is 22.3. The van der Waals surface area contributed by atoms with E-state index in [9.17, 15) is 9.59 Å². The van der Waals surface area contributed by atoms with Crippen LogP contribution in [0.1, 0.15) is 67.3 Å². The lowest BCUT2D eigenvalue weighted by molar-refractivity contribution is -0.139. The molecule has 1 aliphatic carbocycles. The topological polar surface area (TPSA) is 43.9 Å². The molecule has 0 spiro atoms. The molecule has 3 aliphatic rings. The lowest BCUT2D eigenvalue weighted by Crippen LogP contribution is -2.49. The Morgan fingerprint density at radius 1 is 0.865 bits per heavy atom. The molecule has 0 unspecified atom stereocenters. The average molecular weight is 522 g/mol. The monoisotopic (exact) mass is 521 g/mol. The molecule has 5 nitrogen and oxygen atoms in total. The van der Waals surface area contributed by atoms with E-state index in [0.717, 1.165) is 70.4 Å². The van der Waals surface area contributed by atoms with E-state index in [1.807, 2.05) is 24.3 Å². The maximum absolute atomic E-state index is 13.8. The van der Waals surface area contributed by atoms with E-state index in [1.165, 1.54) is 18.4 Å². The highest BCUT2D eigenvalue weighted by molar-refractivity contribution is 6.34. The Morgan fingerprint density at radius 3 is 2.03 bits per heavy atom. The van der Waals surface area contributed by atoms with Crippen LogP contribution in [0, 0.1) is 11.8 Å².